The standard InChI is InChI=1S/C25H28FN5O3/c1-14-20(23(33)27-4)30-31(16-8-6-5-7-9-16)22(14)29-24(34)28-21-17-12-15(26)10-11-18(17)25(2,3)13-19(21)32/h5-12,19,21,32H,13H2,1-4H3,(H,27,33)(H2,28,29,34). The van der Waals surface area contributed by atoms with Gasteiger partial charge < -0.3 is 15.7 Å². The number of hydrogen-bond acceptors (Lipinski definition) is 4. The average molecular weight is 466 g/mol. The predicted octanol–water partition coefficient (Wildman–Crippen LogP) is 3.58. The van der Waals surface area contributed by atoms with Crippen molar-refractivity contribution in [3.8, 4) is 5.69 Å². The van der Waals surface area contributed by atoms with Crippen LogP contribution >= 0.6 is 0 Å². The summed E-state index contributed by atoms with van der Waals surface area (Å²) in [6.45, 7) is 5.64. The Morgan fingerprint density at radius 3 is 2.56 bits per heavy atom. The van der Waals surface area contributed by atoms with Gasteiger partial charge in [0.1, 0.15) is 11.6 Å². The van der Waals surface area contributed by atoms with Gasteiger partial charge in [-0.2, -0.15) is 5.10 Å². The van der Waals surface area contributed by atoms with Gasteiger partial charge in [0.15, 0.2) is 5.69 Å². The molecule has 9 heteroatoms. The van der Waals surface area contributed by atoms with E-state index >= 15 is 0 Å². The van der Waals surface area contributed by atoms with Crippen LogP contribution in [0.3, 0.4) is 0 Å². The number of hydrogen-bond donors (Lipinski definition) is 4. The van der Waals surface area contributed by atoms with E-state index < -0.39 is 24.0 Å². The highest BCUT2D eigenvalue weighted by Crippen LogP contribution is 2.42. The van der Waals surface area contributed by atoms with Gasteiger partial charge in [0, 0.05) is 12.6 Å². The average Bonchev–Trinajstić information content (AvgIpc) is 3.12. The Labute approximate surface area is 197 Å². The van der Waals surface area contributed by atoms with Gasteiger partial charge in [-0.25, -0.2) is 13.9 Å². The fourth-order valence-corrected chi connectivity index (χ4v) is 4.56. The molecule has 4 rings (SSSR count). The van der Waals surface area contributed by atoms with Gasteiger partial charge in [-0.15, -0.1) is 0 Å². The number of carbonyl (C=O) groups is 2. The molecule has 0 fully saturated rings. The molecule has 0 saturated carbocycles. The summed E-state index contributed by atoms with van der Waals surface area (Å²) in [5.74, 6) is -0.513. The smallest absolute Gasteiger partial charge is 0.320 e. The van der Waals surface area contributed by atoms with E-state index in [0.717, 1.165) is 5.56 Å². The highest BCUT2D eigenvalue weighted by atomic mass is 19.1. The molecule has 0 bridgehead atoms. The van der Waals surface area contributed by atoms with Crippen molar-refractivity contribution in [3.05, 3.63) is 76.7 Å². The van der Waals surface area contributed by atoms with Gasteiger partial charge in [0.25, 0.3) is 5.91 Å². The summed E-state index contributed by atoms with van der Waals surface area (Å²) < 4.78 is 15.6. The number of rotatable bonds is 4. The van der Waals surface area contributed by atoms with Gasteiger partial charge in [0.2, 0.25) is 0 Å². The molecule has 2 atom stereocenters. The number of amides is 3. The Kier molecular flexibility index (Phi) is 6.14. The first kappa shape index (κ1) is 23.4. The summed E-state index contributed by atoms with van der Waals surface area (Å²) in [4.78, 5) is 25.4. The number of fused-ring (bicyclic) bond motifs is 1. The van der Waals surface area contributed by atoms with Gasteiger partial charge in [0.05, 0.1) is 17.8 Å². The van der Waals surface area contributed by atoms with E-state index in [1.807, 2.05) is 32.0 Å². The van der Waals surface area contributed by atoms with E-state index in [1.165, 1.54) is 23.9 Å². The van der Waals surface area contributed by atoms with E-state index in [4.69, 9.17) is 0 Å². The SMILES string of the molecule is CNC(=O)c1nn(-c2ccccc2)c(NC(=O)NC2c3cc(F)ccc3C(C)(C)CC2O)c1C. The molecule has 8 nitrogen and oxygen atoms in total. The number of anilines is 1. The van der Waals surface area contributed by atoms with Gasteiger partial charge in [-0.05, 0) is 54.2 Å². The van der Waals surface area contributed by atoms with Crippen LogP contribution in [0, 0.1) is 12.7 Å². The summed E-state index contributed by atoms with van der Waals surface area (Å²) in [6.07, 6.45) is -0.505. The third kappa shape index (κ3) is 4.26. The molecule has 1 aliphatic carbocycles. The molecule has 0 saturated heterocycles. The molecule has 2 aromatic carbocycles. The van der Waals surface area contributed by atoms with Gasteiger partial charge in [-0.3, -0.25) is 10.1 Å². The van der Waals surface area contributed by atoms with Crippen LogP contribution in [0.5, 0.6) is 0 Å². The summed E-state index contributed by atoms with van der Waals surface area (Å²) in [7, 11) is 1.51. The number of aromatic nitrogens is 2. The van der Waals surface area contributed by atoms with Crippen molar-refractivity contribution in [2.75, 3.05) is 12.4 Å². The molecule has 0 radical (unpaired) electrons. The Morgan fingerprint density at radius 1 is 1.18 bits per heavy atom. The maximum Gasteiger partial charge on any atom is 0.320 e. The Morgan fingerprint density at radius 2 is 1.88 bits per heavy atom. The van der Waals surface area contributed by atoms with Crippen molar-refractivity contribution >= 4 is 17.8 Å². The highest BCUT2D eigenvalue weighted by molar-refractivity contribution is 5.97. The van der Waals surface area contributed by atoms with Crippen molar-refractivity contribution in [2.45, 2.75) is 44.8 Å². The Balaban J connectivity index is 1.67. The number of aliphatic hydroxyl groups excluding tert-OH is 1. The minimum absolute atomic E-state index is 0.175. The normalized spacial score (nSPS) is 18.6. The van der Waals surface area contributed by atoms with Crippen LogP contribution in [0.1, 0.15) is 53.5 Å². The number of nitrogens with zero attached hydrogens (tertiary/aromatic N) is 2. The minimum Gasteiger partial charge on any atom is -0.391 e. The fraction of sp³-hybridized carbons (Fsp3) is 0.320. The lowest BCUT2D eigenvalue weighted by atomic mass is 9.69. The first-order valence-corrected chi connectivity index (χ1v) is 11.0. The van der Waals surface area contributed by atoms with E-state index in [-0.39, 0.29) is 17.0 Å². The molecule has 4 N–H and O–H groups in total. The molecule has 34 heavy (non-hydrogen) atoms. The number of nitrogens with one attached hydrogen (secondary N) is 3. The van der Waals surface area contributed by atoms with E-state index in [9.17, 15) is 19.1 Å². The van der Waals surface area contributed by atoms with Crippen LogP contribution in [-0.4, -0.2) is 40.0 Å². The molecule has 0 aliphatic heterocycles. The Bertz CT molecular complexity index is 1240. The lowest BCUT2D eigenvalue weighted by molar-refractivity contribution is 0.0880. The zero-order chi connectivity index (χ0) is 24.6. The third-order valence-electron chi connectivity index (χ3n) is 6.27. The van der Waals surface area contributed by atoms with Gasteiger partial charge >= 0.3 is 6.03 Å². The van der Waals surface area contributed by atoms with Crippen molar-refractivity contribution in [1.29, 1.82) is 0 Å². The molecule has 178 valence electrons. The lowest BCUT2D eigenvalue weighted by Crippen LogP contribution is -2.45. The number of carbonyl (C=O) groups excluding carboxylic acids is 2. The zero-order valence-electron chi connectivity index (χ0n) is 19.5. The summed E-state index contributed by atoms with van der Waals surface area (Å²) in [6, 6.07) is 12.1. The first-order valence-electron chi connectivity index (χ1n) is 11.0. The number of halogens is 1. The third-order valence-corrected chi connectivity index (χ3v) is 6.27. The van der Waals surface area contributed by atoms with E-state index in [0.29, 0.717) is 29.1 Å². The van der Waals surface area contributed by atoms with Crippen LogP contribution in [0.4, 0.5) is 15.0 Å². The van der Waals surface area contributed by atoms with E-state index in [1.54, 1.807) is 25.1 Å². The minimum atomic E-state index is -0.906. The van der Waals surface area contributed by atoms with Crippen LogP contribution in [-0.2, 0) is 5.41 Å². The number of benzene rings is 2. The van der Waals surface area contributed by atoms with Crippen molar-refractivity contribution in [3.63, 3.8) is 0 Å². The molecule has 3 aromatic rings. The second-order valence-electron chi connectivity index (χ2n) is 9.11. The van der Waals surface area contributed by atoms with Gasteiger partial charge in [-0.1, -0.05) is 38.1 Å². The molecular formula is C25H28FN5O3. The molecule has 1 heterocycles. The zero-order valence-corrected chi connectivity index (χ0v) is 19.5. The number of urea groups is 1. The number of para-hydroxylation sites is 1. The largest absolute Gasteiger partial charge is 0.391 e. The first-order chi connectivity index (χ1) is 16.1. The van der Waals surface area contributed by atoms with Crippen LogP contribution in [0.2, 0.25) is 0 Å². The maximum atomic E-state index is 14.1. The molecule has 1 aromatic heterocycles. The quantitative estimate of drug-likeness (QED) is 0.472. The predicted molar refractivity (Wildman–Crippen MR) is 127 cm³/mol. The van der Waals surface area contributed by atoms with Crippen molar-refractivity contribution < 1.29 is 19.1 Å². The van der Waals surface area contributed by atoms with Crippen LogP contribution in [0.25, 0.3) is 5.69 Å². The number of aliphatic hydroxyl groups is 1. The van der Waals surface area contributed by atoms with E-state index in [2.05, 4.69) is 21.0 Å². The van der Waals surface area contributed by atoms with Crippen LogP contribution < -0.4 is 16.0 Å². The highest BCUT2D eigenvalue weighted by Gasteiger charge is 2.39. The second kappa shape index (κ2) is 8.90. The van der Waals surface area contributed by atoms with Crippen molar-refractivity contribution in [1.82, 2.24) is 20.4 Å². The molecule has 0 spiro atoms. The van der Waals surface area contributed by atoms with Crippen LogP contribution in [0.15, 0.2) is 48.5 Å². The molecule has 3 amide bonds. The maximum absolute atomic E-state index is 14.1. The summed E-state index contributed by atoms with van der Waals surface area (Å²) >= 11 is 0. The Hall–Kier alpha value is -3.72. The fourth-order valence-electron chi connectivity index (χ4n) is 4.56. The summed E-state index contributed by atoms with van der Waals surface area (Å²) in [5.41, 5.74) is 2.35. The summed E-state index contributed by atoms with van der Waals surface area (Å²) in [5, 5.41) is 23.3. The van der Waals surface area contributed by atoms with Crippen molar-refractivity contribution in [2.24, 2.45) is 0 Å². The second-order valence-corrected chi connectivity index (χ2v) is 9.11. The lowest BCUT2D eigenvalue weighted by Gasteiger charge is -2.40. The molecule has 2 unspecified atom stereocenters. The monoisotopic (exact) mass is 465 g/mol. The topological polar surface area (TPSA) is 108 Å². The molecule has 1 aliphatic rings. The molecular weight excluding hydrogens is 437 g/mol.